The topological polar surface area (TPSA) is 35.2 Å². The van der Waals surface area contributed by atoms with Gasteiger partial charge in [-0.25, -0.2) is 4.39 Å². The van der Waals surface area contributed by atoms with Gasteiger partial charge in [0.1, 0.15) is 5.82 Å². The maximum atomic E-state index is 13.2. The summed E-state index contributed by atoms with van der Waals surface area (Å²) in [4.78, 5) is 0. The van der Waals surface area contributed by atoms with Gasteiger partial charge in [-0.05, 0) is 48.9 Å². The lowest BCUT2D eigenvalue weighted by Crippen LogP contribution is -2.28. The molecule has 2 nitrogen and oxygen atoms in total. The highest BCUT2D eigenvalue weighted by Crippen LogP contribution is 2.30. The van der Waals surface area contributed by atoms with Gasteiger partial charge in [-0.2, -0.15) is 0 Å². The van der Waals surface area contributed by atoms with Crippen LogP contribution in [-0.2, 0) is 4.74 Å². The molecule has 1 heterocycles. The summed E-state index contributed by atoms with van der Waals surface area (Å²) in [5, 5.41) is 0. The number of hydrogen-bond donors (Lipinski definition) is 1. The maximum absolute atomic E-state index is 13.2. The number of rotatable bonds is 2. The maximum Gasteiger partial charge on any atom is 0.123 e. The average Bonchev–Trinajstić information content (AvgIpc) is 2.32. The number of hydrogen-bond acceptors (Lipinski definition) is 2. The Balaban J connectivity index is 0.00000144. The molecule has 0 aromatic heterocycles. The van der Waals surface area contributed by atoms with Crippen molar-refractivity contribution in [2.24, 2.45) is 11.7 Å². The van der Waals surface area contributed by atoms with Crippen molar-refractivity contribution >= 4 is 12.4 Å². The SMILES string of the molecule is Cc1ccc(F)cc1[C@@H](N)C1CCOCC1.Cl. The van der Waals surface area contributed by atoms with E-state index in [1.54, 1.807) is 12.1 Å². The molecule has 1 aromatic carbocycles. The van der Waals surface area contributed by atoms with Crippen molar-refractivity contribution in [3.05, 3.63) is 35.1 Å². The number of ether oxygens (including phenoxy) is 1. The Hall–Kier alpha value is -0.640. The molecule has 2 rings (SSSR count). The molecular formula is C13H19ClFNO. The van der Waals surface area contributed by atoms with Gasteiger partial charge in [0.05, 0.1) is 0 Å². The fourth-order valence-electron chi connectivity index (χ4n) is 2.30. The minimum atomic E-state index is -0.205. The molecule has 0 amide bonds. The van der Waals surface area contributed by atoms with Crippen LogP contribution >= 0.6 is 12.4 Å². The second-order valence-corrected chi connectivity index (χ2v) is 4.48. The molecule has 96 valence electrons. The highest BCUT2D eigenvalue weighted by atomic mass is 35.5. The molecule has 1 aliphatic heterocycles. The fraction of sp³-hybridized carbons (Fsp3) is 0.538. The first-order chi connectivity index (χ1) is 7.68. The van der Waals surface area contributed by atoms with Crippen LogP contribution < -0.4 is 5.73 Å². The molecule has 2 N–H and O–H groups in total. The minimum absolute atomic E-state index is 0. The van der Waals surface area contributed by atoms with Crippen LogP contribution in [0.4, 0.5) is 4.39 Å². The molecule has 0 saturated carbocycles. The second kappa shape index (κ2) is 6.34. The van der Waals surface area contributed by atoms with Crippen molar-refractivity contribution in [2.75, 3.05) is 13.2 Å². The van der Waals surface area contributed by atoms with Gasteiger partial charge >= 0.3 is 0 Å². The van der Waals surface area contributed by atoms with Crippen molar-refractivity contribution in [2.45, 2.75) is 25.8 Å². The lowest BCUT2D eigenvalue weighted by molar-refractivity contribution is 0.0583. The van der Waals surface area contributed by atoms with E-state index in [-0.39, 0.29) is 24.3 Å². The summed E-state index contributed by atoms with van der Waals surface area (Å²) in [6.45, 7) is 3.52. The molecule has 4 heteroatoms. The summed E-state index contributed by atoms with van der Waals surface area (Å²) in [7, 11) is 0. The van der Waals surface area contributed by atoms with Crippen LogP contribution in [0.1, 0.15) is 30.0 Å². The highest BCUT2D eigenvalue weighted by molar-refractivity contribution is 5.85. The number of aryl methyl sites for hydroxylation is 1. The Morgan fingerprint density at radius 3 is 2.65 bits per heavy atom. The first-order valence-corrected chi connectivity index (χ1v) is 5.78. The van der Waals surface area contributed by atoms with Crippen molar-refractivity contribution in [1.29, 1.82) is 0 Å². The van der Waals surface area contributed by atoms with Gasteiger partial charge in [-0.3, -0.25) is 0 Å². The molecule has 17 heavy (non-hydrogen) atoms. The molecular weight excluding hydrogens is 241 g/mol. The van der Waals surface area contributed by atoms with E-state index in [1.165, 1.54) is 6.07 Å². The van der Waals surface area contributed by atoms with E-state index >= 15 is 0 Å². The third-order valence-electron chi connectivity index (χ3n) is 3.37. The van der Waals surface area contributed by atoms with Gasteiger partial charge in [0.15, 0.2) is 0 Å². The molecule has 0 spiro atoms. The summed E-state index contributed by atoms with van der Waals surface area (Å²) in [6, 6.07) is 4.77. The normalized spacial score (nSPS) is 18.5. The van der Waals surface area contributed by atoms with E-state index in [2.05, 4.69) is 0 Å². The van der Waals surface area contributed by atoms with Gasteiger partial charge in [-0.15, -0.1) is 12.4 Å². The Morgan fingerprint density at radius 1 is 1.35 bits per heavy atom. The lowest BCUT2D eigenvalue weighted by atomic mass is 9.86. The predicted octanol–water partition coefficient (Wildman–Crippen LogP) is 2.98. The molecule has 0 bridgehead atoms. The third kappa shape index (κ3) is 3.41. The van der Waals surface area contributed by atoms with Gasteiger partial charge in [-0.1, -0.05) is 6.07 Å². The molecule has 1 aromatic rings. The van der Waals surface area contributed by atoms with Gasteiger partial charge in [0.25, 0.3) is 0 Å². The Bertz CT molecular complexity index is 366. The average molecular weight is 260 g/mol. The first kappa shape index (κ1) is 14.4. The number of benzene rings is 1. The van der Waals surface area contributed by atoms with Crippen LogP contribution in [0.3, 0.4) is 0 Å². The molecule has 0 unspecified atom stereocenters. The predicted molar refractivity (Wildman–Crippen MR) is 68.9 cm³/mol. The Morgan fingerprint density at radius 2 is 2.00 bits per heavy atom. The van der Waals surface area contributed by atoms with E-state index < -0.39 is 0 Å². The first-order valence-electron chi connectivity index (χ1n) is 5.78. The minimum Gasteiger partial charge on any atom is -0.381 e. The summed E-state index contributed by atoms with van der Waals surface area (Å²) in [5.74, 6) is 0.206. The van der Waals surface area contributed by atoms with Gasteiger partial charge in [0.2, 0.25) is 0 Å². The zero-order valence-electron chi connectivity index (χ0n) is 9.99. The van der Waals surface area contributed by atoms with Crippen molar-refractivity contribution in [1.82, 2.24) is 0 Å². The monoisotopic (exact) mass is 259 g/mol. The smallest absolute Gasteiger partial charge is 0.123 e. The van der Waals surface area contributed by atoms with Crippen molar-refractivity contribution < 1.29 is 9.13 Å². The second-order valence-electron chi connectivity index (χ2n) is 4.48. The summed E-state index contributed by atoms with van der Waals surface area (Å²) in [6.07, 6.45) is 1.94. The largest absolute Gasteiger partial charge is 0.381 e. The van der Waals surface area contributed by atoms with E-state index in [0.29, 0.717) is 5.92 Å². The third-order valence-corrected chi connectivity index (χ3v) is 3.37. The van der Waals surface area contributed by atoms with Crippen LogP contribution in [0, 0.1) is 18.7 Å². The summed E-state index contributed by atoms with van der Waals surface area (Å²) < 4.78 is 18.5. The van der Waals surface area contributed by atoms with Crippen LogP contribution in [0.25, 0.3) is 0 Å². The summed E-state index contributed by atoms with van der Waals surface area (Å²) in [5.41, 5.74) is 8.22. The quantitative estimate of drug-likeness (QED) is 0.886. The molecule has 1 fully saturated rings. The molecule has 1 atom stereocenters. The standard InChI is InChI=1S/C13H18FNO.ClH/c1-9-2-3-11(14)8-12(9)13(15)10-4-6-16-7-5-10;/h2-3,8,10,13H,4-7,15H2,1H3;1H/t13-;/m0./s1. The number of nitrogens with two attached hydrogens (primary N) is 1. The number of halogens is 2. The van der Waals surface area contributed by atoms with Crippen LogP contribution in [0.15, 0.2) is 18.2 Å². The molecule has 1 saturated heterocycles. The highest BCUT2D eigenvalue weighted by Gasteiger charge is 2.23. The molecule has 0 aliphatic carbocycles. The van der Waals surface area contributed by atoms with Gasteiger partial charge < -0.3 is 10.5 Å². The fourth-order valence-corrected chi connectivity index (χ4v) is 2.30. The van der Waals surface area contributed by atoms with E-state index in [4.69, 9.17) is 10.5 Å². The van der Waals surface area contributed by atoms with Gasteiger partial charge in [0, 0.05) is 19.3 Å². The Kier molecular flexibility index (Phi) is 5.37. The van der Waals surface area contributed by atoms with Crippen LogP contribution in [0.5, 0.6) is 0 Å². The van der Waals surface area contributed by atoms with Crippen LogP contribution in [0.2, 0.25) is 0 Å². The van der Waals surface area contributed by atoms with E-state index in [0.717, 1.165) is 37.2 Å². The zero-order valence-corrected chi connectivity index (χ0v) is 10.8. The Labute approximate surface area is 108 Å². The van der Waals surface area contributed by atoms with E-state index in [9.17, 15) is 4.39 Å². The van der Waals surface area contributed by atoms with Crippen molar-refractivity contribution in [3.8, 4) is 0 Å². The lowest BCUT2D eigenvalue weighted by Gasteiger charge is -2.28. The van der Waals surface area contributed by atoms with Crippen LogP contribution in [-0.4, -0.2) is 13.2 Å². The molecule has 0 radical (unpaired) electrons. The summed E-state index contributed by atoms with van der Waals surface area (Å²) >= 11 is 0. The zero-order chi connectivity index (χ0) is 11.5. The van der Waals surface area contributed by atoms with Crippen molar-refractivity contribution in [3.63, 3.8) is 0 Å². The molecule has 1 aliphatic rings. The van der Waals surface area contributed by atoms with E-state index in [1.807, 2.05) is 6.92 Å².